The van der Waals surface area contributed by atoms with Crippen LogP contribution in [0.4, 0.5) is 13.2 Å². The minimum absolute atomic E-state index is 0.0517. The van der Waals surface area contributed by atoms with E-state index in [4.69, 9.17) is 0 Å². The third-order valence-corrected chi connectivity index (χ3v) is 3.42. The van der Waals surface area contributed by atoms with Crippen molar-refractivity contribution in [3.05, 3.63) is 59.4 Å². The molecular weight excluding hydrogens is 263 g/mol. The van der Waals surface area contributed by atoms with Gasteiger partial charge in [-0.05, 0) is 42.7 Å². The normalized spacial score (nSPS) is 14.6. The van der Waals surface area contributed by atoms with E-state index in [1.54, 1.807) is 6.07 Å². The summed E-state index contributed by atoms with van der Waals surface area (Å²) in [4.78, 5) is 0. The van der Waals surface area contributed by atoms with Crippen LogP contribution in [0.3, 0.4) is 0 Å². The number of nitrogens with one attached hydrogen (secondary N) is 1. The summed E-state index contributed by atoms with van der Waals surface area (Å²) in [5.74, 6) is -1.75. The zero-order valence-corrected chi connectivity index (χ0v) is 10.8. The number of rotatable bonds is 4. The fourth-order valence-corrected chi connectivity index (χ4v) is 2.14. The molecule has 2 aromatic rings. The van der Waals surface area contributed by atoms with Gasteiger partial charge in [-0.1, -0.05) is 12.1 Å². The molecule has 0 heterocycles. The molecule has 0 saturated heterocycles. The Bertz CT molecular complexity index is 636. The van der Waals surface area contributed by atoms with Gasteiger partial charge in [0.1, 0.15) is 17.5 Å². The molecule has 104 valence electrons. The lowest BCUT2D eigenvalue weighted by Gasteiger charge is -2.08. The second-order valence-corrected chi connectivity index (χ2v) is 5.09. The molecule has 2 aromatic carbocycles. The molecule has 0 aromatic heterocycles. The Hall–Kier alpha value is -1.81. The molecule has 1 N–H and O–H groups in total. The third kappa shape index (κ3) is 2.85. The van der Waals surface area contributed by atoms with Crippen molar-refractivity contribution in [2.24, 2.45) is 0 Å². The van der Waals surface area contributed by atoms with Gasteiger partial charge in [0.05, 0.1) is 0 Å². The molecule has 0 amide bonds. The molecule has 4 heteroatoms. The first kappa shape index (κ1) is 13.2. The van der Waals surface area contributed by atoms with E-state index < -0.39 is 17.5 Å². The zero-order valence-electron chi connectivity index (χ0n) is 10.8. The van der Waals surface area contributed by atoms with Gasteiger partial charge in [-0.3, -0.25) is 0 Å². The van der Waals surface area contributed by atoms with Gasteiger partial charge in [0, 0.05) is 23.7 Å². The van der Waals surface area contributed by atoms with Gasteiger partial charge < -0.3 is 5.32 Å². The predicted molar refractivity (Wildman–Crippen MR) is 71.6 cm³/mol. The van der Waals surface area contributed by atoms with Crippen molar-refractivity contribution < 1.29 is 13.2 Å². The van der Waals surface area contributed by atoms with E-state index in [2.05, 4.69) is 5.32 Å². The SMILES string of the molecule is Fc1ccc(F)c(-c2ccc(CNC3CC3)cc2F)c1. The van der Waals surface area contributed by atoms with E-state index in [1.807, 2.05) is 0 Å². The summed E-state index contributed by atoms with van der Waals surface area (Å²) in [7, 11) is 0. The van der Waals surface area contributed by atoms with Crippen LogP contribution in [0.2, 0.25) is 0 Å². The van der Waals surface area contributed by atoms with E-state index in [9.17, 15) is 13.2 Å². The van der Waals surface area contributed by atoms with Gasteiger partial charge in [0.15, 0.2) is 0 Å². The Morgan fingerprint density at radius 3 is 2.40 bits per heavy atom. The van der Waals surface area contributed by atoms with Crippen molar-refractivity contribution in [3.8, 4) is 11.1 Å². The van der Waals surface area contributed by atoms with Crippen LogP contribution in [0, 0.1) is 17.5 Å². The van der Waals surface area contributed by atoms with Crippen LogP contribution in [0.1, 0.15) is 18.4 Å². The molecule has 0 radical (unpaired) electrons. The molecule has 0 spiro atoms. The first-order chi connectivity index (χ1) is 9.63. The molecule has 1 fully saturated rings. The molecule has 1 aliphatic carbocycles. The predicted octanol–water partition coefficient (Wildman–Crippen LogP) is 4.02. The summed E-state index contributed by atoms with van der Waals surface area (Å²) in [6.45, 7) is 0.591. The minimum Gasteiger partial charge on any atom is -0.310 e. The smallest absolute Gasteiger partial charge is 0.131 e. The molecule has 0 unspecified atom stereocenters. The summed E-state index contributed by atoms with van der Waals surface area (Å²) in [6, 6.07) is 8.18. The highest BCUT2D eigenvalue weighted by atomic mass is 19.1. The Morgan fingerprint density at radius 1 is 0.900 bits per heavy atom. The maximum absolute atomic E-state index is 14.1. The van der Waals surface area contributed by atoms with Gasteiger partial charge in [0.25, 0.3) is 0 Å². The first-order valence-corrected chi connectivity index (χ1v) is 6.61. The highest BCUT2D eigenvalue weighted by Gasteiger charge is 2.20. The van der Waals surface area contributed by atoms with E-state index >= 15 is 0 Å². The molecule has 1 aliphatic rings. The van der Waals surface area contributed by atoms with Crippen molar-refractivity contribution in [1.29, 1.82) is 0 Å². The van der Waals surface area contributed by atoms with Crippen LogP contribution < -0.4 is 5.32 Å². The molecule has 3 rings (SSSR count). The zero-order chi connectivity index (χ0) is 14.1. The average molecular weight is 277 g/mol. The Balaban J connectivity index is 1.87. The minimum atomic E-state index is -0.630. The van der Waals surface area contributed by atoms with E-state index in [1.165, 1.54) is 12.1 Å². The highest BCUT2D eigenvalue weighted by molar-refractivity contribution is 5.65. The monoisotopic (exact) mass is 277 g/mol. The van der Waals surface area contributed by atoms with E-state index in [0.717, 1.165) is 36.6 Å². The van der Waals surface area contributed by atoms with Crippen molar-refractivity contribution in [3.63, 3.8) is 0 Å². The Morgan fingerprint density at radius 2 is 1.70 bits per heavy atom. The second kappa shape index (κ2) is 5.29. The van der Waals surface area contributed by atoms with Crippen molar-refractivity contribution >= 4 is 0 Å². The maximum Gasteiger partial charge on any atom is 0.131 e. The standard InChI is InChI=1S/C16H14F3N/c17-11-2-6-15(18)14(8-11)13-5-1-10(7-16(13)19)9-20-12-3-4-12/h1-2,5-8,12,20H,3-4,9H2. The van der Waals surface area contributed by atoms with Crippen LogP contribution in [-0.4, -0.2) is 6.04 Å². The van der Waals surface area contributed by atoms with E-state index in [0.29, 0.717) is 12.6 Å². The lowest BCUT2D eigenvalue weighted by atomic mass is 10.0. The van der Waals surface area contributed by atoms with Gasteiger partial charge in [-0.15, -0.1) is 0 Å². The molecule has 0 bridgehead atoms. The number of hydrogen-bond acceptors (Lipinski definition) is 1. The molecule has 1 nitrogen and oxygen atoms in total. The molecule has 1 saturated carbocycles. The summed E-state index contributed by atoms with van der Waals surface area (Å²) >= 11 is 0. The molecule has 20 heavy (non-hydrogen) atoms. The fourth-order valence-electron chi connectivity index (χ4n) is 2.14. The summed E-state index contributed by atoms with van der Waals surface area (Å²) in [5, 5.41) is 3.28. The second-order valence-electron chi connectivity index (χ2n) is 5.09. The summed E-state index contributed by atoms with van der Waals surface area (Å²) < 4.78 is 40.9. The van der Waals surface area contributed by atoms with Crippen LogP contribution >= 0.6 is 0 Å². The Labute approximate surface area is 115 Å². The van der Waals surface area contributed by atoms with Crippen LogP contribution in [0.25, 0.3) is 11.1 Å². The maximum atomic E-state index is 14.1. The van der Waals surface area contributed by atoms with Crippen LogP contribution in [-0.2, 0) is 6.54 Å². The highest BCUT2D eigenvalue weighted by Crippen LogP contribution is 2.27. The van der Waals surface area contributed by atoms with Gasteiger partial charge >= 0.3 is 0 Å². The third-order valence-electron chi connectivity index (χ3n) is 3.42. The first-order valence-electron chi connectivity index (χ1n) is 6.61. The van der Waals surface area contributed by atoms with Crippen molar-refractivity contribution in [1.82, 2.24) is 5.32 Å². The Kier molecular flexibility index (Phi) is 3.49. The van der Waals surface area contributed by atoms with Crippen molar-refractivity contribution in [2.45, 2.75) is 25.4 Å². The quantitative estimate of drug-likeness (QED) is 0.890. The molecular formula is C16H14F3N. The summed E-state index contributed by atoms with van der Waals surface area (Å²) in [5.41, 5.74) is 0.830. The molecule has 0 aliphatic heterocycles. The fraction of sp³-hybridized carbons (Fsp3) is 0.250. The topological polar surface area (TPSA) is 12.0 Å². The van der Waals surface area contributed by atoms with Gasteiger partial charge in [0.2, 0.25) is 0 Å². The number of benzene rings is 2. The van der Waals surface area contributed by atoms with Crippen LogP contribution in [0.15, 0.2) is 36.4 Å². The average Bonchev–Trinajstić information content (AvgIpc) is 3.24. The van der Waals surface area contributed by atoms with Gasteiger partial charge in [-0.25, -0.2) is 13.2 Å². The van der Waals surface area contributed by atoms with Crippen molar-refractivity contribution in [2.75, 3.05) is 0 Å². The van der Waals surface area contributed by atoms with Gasteiger partial charge in [-0.2, -0.15) is 0 Å². The summed E-state index contributed by atoms with van der Waals surface area (Å²) in [6.07, 6.45) is 2.32. The number of hydrogen-bond donors (Lipinski definition) is 1. The largest absolute Gasteiger partial charge is 0.310 e. The lowest BCUT2D eigenvalue weighted by molar-refractivity contribution is 0.596. The molecule has 0 atom stereocenters. The lowest BCUT2D eigenvalue weighted by Crippen LogP contribution is -2.15. The van der Waals surface area contributed by atoms with E-state index in [-0.39, 0.29) is 11.1 Å². The van der Waals surface area contributed by atoms with Crippen LogP contribution in [0.5, 0.6) is 0 Å². The number of halogens is 3.